The van der Waals surface area contributed by atoms with E-state index in [1.165, 1.54) is 12.8 Å². The third-order valence-corrected chi connectivity index (χ3v) is 4.48. The van der Waals surface area contributed by atoms with Crippen LogP contribution >= 0.6 is 24.0 Å². The minimum absolute atomic E-state index is 0. The van der Waals surface area contributed by atoms with Crippen molar-refractivity contribution >= 4 is 29.9 Å². The molecule has 1 N–H and O–H groups in total. The van der Waals surface area contributed by atoms with Gasteiger partial charge < -0.3 is 14.8 Å². The Labute approximate surface area is 145 Å². The van der Waals surface area contributed by atoms with Gasteiger partial charge in [-0.25, -0.2) is 4.98 Å². The van der Waals surface area contributed by atoms with Crippen molar-refractivity contribution in [3.05, 3.63) is 18.2 Å². The van der Waals surface area contributed by atoms with Crippen LogP contribution in [-0.4, -0.2) is 47.1 Å². The number of aromatic nitrogens is 2. The van der Waals surface area contributed by atoms with Gasteiger partial charge in [-0.1, -0.05) is 13.8 Å². The molecule has 1 saturated heterocycles. The molecule has 6 heteroatoms. The molecule has 0 bridgehead atoms. The largest absolute Gasteiger partial charge is 0.354 e. The van der Waals surface area contributed by atoms with E-state index in [9.17, 15) is 0 Å². The van der Waals surface area contributed by atoms with Crippen molar-refractivity contribution in [1.29, 1.82) is 0 Å². The number of hydrogen-bond acceptors (Lipinski definition) is 2. The highest BCUT2D eigenvalue weighted by molar-refractivity contribution is 14.0. The number of aryl methyl sites for hydroxylation is 1. The van der Waals surface area contributed by atoms with Crippen LogP contribution in [0.3, 0.4) is 0 Å². The molecule has 2 rings (SSSR count). The van der Waals surface area contributed by atoms with E-state index in [4.69, 9.17) is 0 Å². The highest BCUT2D eigenvalue weighted by atomic mass is 127. The van der Waals surface area contributed by atoms with Crippen molar-refractivity contribution in [2.24, 2.45) is 10.4 Å². The van der Waals surface area contributed by atoms with Gasteiger partial charge in [0, 0.05) is 45.6 Å². The Morgan fingerprint density at radius 1 is 1.52 bits per heavy atom. The van der Waals surface area contributed by atoms with E-state index in [0.29, 0.717) is 5.41 Å². The Kier molecular flexibility index (Phi) is 6.96. The van der Waals surface area contributed by atoms with E-state index in [1.807, 2.05) is 26.4 Å². The first-order valence-corrected chi connectivity index (χ1v) is 7.51. The molecule has 1 aromatic heterocycles. The van der Waals surface area contributed by atoms with Crippen LogP contribution in [0.2, 0.25) is 0 Å². The van der Waals surface area contributed by atoms with Gasteiger partial charge in [0.2, 0.25) is 0 Å². The van der Waals surface area contributed by atoms with Gasteiger partial charge in [0.1, 0.15) is 5.82 Å². The molecule has 1 fully saturated rings. The van der Waals surface area contributed by atoms with Crippen molar-refractivity contribution < 1.29 is 0 Å². The molecule has 0 aromatic carbocycles. The summed E-state index contributed by atoms with van der Waals surface area (Å²) in [6, 6.07) is 0. The maximum Gasteiger partial charge on any atom is 0.193 e. The summed E-state index contributed by atoms with van der Waals surface area (Å²) in [7, 11) is 1.87. The zero-order valence-corrected chi connectivity index (χ0v) is 15.9. The van der Waals surface area contributed by atoms with Crippen LogP contribution in [0, 0.1) is 12.3 Å². The predicted octanol–water partition coefficient (Wildman–Crippen LogP) is 2.51. The monoisotopic (exact) mass is 405 g/mol. The van der Waals surface area contributed by atoms with Crippen molar-refractivity contribution in [3.8, 4) is 0 Å². The summed E-state index contributed by atoms with van der Waals surface area (Å²) in [4.78, 5) is 11.0. The van der Waals surface area contributed by atoms with Crippen molar-refractivity contribution in [2.45, 2.75) is 40.2 Å². The van der Waals surface area contributed by atoms with Gasteiger partial charge in [-0.2, -0.15) is 0 Å². The lowest BCUT2D eigenvalue weighted by atomic mass is 9.87. The topological polar surface area (TPSA) is 45.5 Å². The number of halogens is 1. The Morgan fingerprint density at radius 3 is 2.81 bits per heavy atom. The molecule has 1 unspecified atom stereocenters. The molecular weight excluding hydrogens is 377 g/mol. The summed E-state index contributed by atoms with van der Waals surface area (Å²) in [5.74, 6) is 2.08. The second-order valence-electron chi connectivity index (χ2n) is 5.98. The summed E-state index contributed by atoms with van der Waals surface area (Å²) < 4.78 is 2.15. The first-order valence-electron chi connectivity index (χ1n) is 7.51. The third kappa shape index (κ3) is 4.59. The molecule has 0 aliphatic carbocycles. The van der Waals surface area contributed by atoms with Crippen molar-refractivity contribution in [3.63, 3.8) is 0 Å². The van der Waals surface area contributed by atoms with E-state index in [1.54, 1.807) is 0 Å². The second-order valence-corrected chi connectivity index (χ2v) is 5.98. The van der Waals surface area contributed by atoms with E-state index in [2.05, 4.69) is 38.6 Å². The summed E-state index contributed by atoms with van der Waals surface area (Å²) >= 11 is 0. The predicted molar refractivity (Wildman–Crippen MR) is 98.3 cm³/mol. The maximum absolute atomic E-state index is 4.42. The number of likely N-dealkylation sites (tertiary alicyclic amines) is 1. The molecule has 0 radical (unpaired) electrons. The van der Waals surface area contributed by atoms with E-state index in [-0.39, 0.29) is 24.0 Å². The molecule has 5 nitrogen and oxygen atoms in total. The van der Waals surface area contributed by atoms with E-state index < -0.39 is 0 Å². The van der Waals surface area contributed by atoms with Crippen LogP contribution in [-0.2, 0) is 6.54 Å². The van der Waals surface area contributed by atoms with Gasteiger partial charge in [-0.3, -0.25) is 4.99 Å². The molecular formula is C15H28IN5. The van der Waals surface area contributed by atoms with Crippen LogP contribution in [0.15, 0.2) is 17.4 Å². The number of nitrogens with one attached hydrogen (secondary N) is 1. The van der Waals surface area contributed by atoms with Crippen LogP contribution in [0.25, 0.3) is 0 Å². The fourth-order valence-corrected chi connectivity index (χ4v) is 2.75. The minimum atomic E-state index is 0. The SMILES string of the molecule is CCC1(C)CCN(C(=NC)NCCn2ccnc2C)C1.I. The van der Waals surface area contributed by atoms with Gasteiger partial charge in [0.25, 0.3) is 0 Å². The van der Waals surface area contributed by atoms with Gasteiger partial charge in [-0.05, 0) is 25.2 Å². The van der Waals surface area contributed by atoms with E-state index >= 15 is 0 Å². The van der Waals surface area contributed by atoms with Crippen LogP contribution in [0.4, 0.5) is 0 Å². The maximum atomic E-state index is 4.42. The summed E-state index contributed by atoms with van der Waals surface area (Å²) in [5.41, 5.74) is 0.443. The first-order chi connectivity index (χ1) is 9.58. The van der Waals surface area contributed by atoms with Crippen LogP contribution in [0.1, 0.15) is 32.5 Å². The number of imidazole rings is 1. The molecule has 1 aromatic rings. The molecule has 21 heavy (non-hydrogen) atoms. The number of aliphatic imine (C=N–C) groups is 1. The zero-order chi connectivity index (χ0) is 14.6. The molecule has 0 saturated carbocycles. The lowest BCUT2D eigenvalue weighted by molar-refractivity contribution is 0.322. The number of hydrogen-bond donors (Lipinski definition) is 1. The highest BCUT2D eigenvalue weighted by Crippen LogP contribution is 2.32. The number of rotatable bonds is 4. The van der Waals surface area contributed by atoms with Gasteiger partial charge in [-0.15, -0.1) is 24.0 Å². The van der Waals surface area contributed by atoms with Crippen LogP contribution in [0.5, 0.6) is 0 Å². The molecule has 1 aliphatic heterocycles. The first kappa shape index (κ1) is 18.3. The highest BCUT2D eigenvalue weighted by Gasteiger charge is 2.33. The van der Waals surface area contributed by atoms with E-state index in [0.717, 1.165) is 38.0 Å². The summed E-state index contributed by atoms with van der Waals surface area (Å²) in [6.07, 6.45) is 6.35. The lowest BCUT2D eigenvalue weighted by Gasteiger charge is -2.25. The second kappa shape index (κ2) is 8.00. The Bertz CT molecular complexity index is 470. The summed E-state index contributed by atoms with van der Waals surface area (Å²) in [5, 5.41) is 3.47. The van der Waals surface area contributed by atoms with Gasteiger partial charge in [0.05, 0.1) is 0 Å². The minimum Gasteiger partial charge on any atom is -0.354 e. The Morgan fingerprint density at radius 2 is 2.29 bits per heavy atom. The summed E-state index contributed by atoms with van der Waals surface area (Å²) in [6.45, 7) is 10.7. The average molecular weight is 405 g/mol. The average Bonchev–Trinajstić information content (AvgIpc) is 3.02. The zero-order valence-electron chi connectivity index (χ0n) is 13.6. The molecule has 1 aliphatic rings. The molecule has 120 valence electrons. The molecule has 0 amide bonds. The van der Waals surface area contributed by atoms with Gasteiger partial charge in [0.15, 0.2) is 5.96 Å². The number of guanidine groups is 1. The normalized spacial score (nSPS) is 22.3. The number of nitrogens with zero attached hydrogens (tertiary/aromatic N) is 4. The van der Waals surface area contributed by atoms with Crippen LogP contribution < -0.4 is 5.32 Å². The molecule has 1 atom stereocenters. The van der Waals surface area contributed by atoms with Gasteiger partial charge >= 0.3 is 0 Å². The molecule has 2 heterocycles. The lowest BCUT2D eigenvalue weighted by Crippen LogP contribution is -2.42. The Hall–Kier alpha value is -0.790. The third-order valence-electron chi connectivity index (χ3n) is 4.48. The van der Waals surface area contributed by atoms with Crippen molar-refractivity contribution in [1.82, 2.24) is 19.8 Å². The van der Waals surface area contributed by atoms with Crippen molar-refractivity contribution in [2.75, 3.05) is 26.7 Å². The Balaban J connectivity index is 0.00000220. The molecule has 0 spiro atoms. The fraction of sp³-hybridized carbons (Fsp3) is 0.733. The smallest absolute Gasteiger partial charge is 0.193 e. The fourth-order valence-electron chi connectivity index (χ4n) is 2.75. The standard InChI is InChI=1S/C15H27N5.HI/c1-5-15(3)6-9-20(12-15)14(16-4)18-8-11-19-10-7-17-13(19)2;/h7,10H,5-6,8-9,11-12H2,1-4H3,(H,16,18);1H. The quantitative estimate of drug-likeness (QED) is 0.476.